The fourth-order valence-corrected chi connectivity index (χ4v) is 6.12. The molecule has 4 rings (SSSR count). The van der Waals surface area contributed by atoms with Crippen LogP contribution in [0.15, 0.2) is 51.9 Å². The van der Waals surface area contributed by atoms with E-state index < -0.39 is 10.0 Å². The summed E-state index contributed by atoms with van der Waals surface area (Å²) in [4.78, 5) is 4.48. The number of methoxy groups -OCH3 is 2. The summed E-state index contributed by atoms with van der Waals surface area (Å²) in [5.74, 6) is 1.56. The van der Waals surface area contributed by atoms with Gasteiger partial charge in [0.1, 0.15) is 16.4 Å². The molecule has 10 heteroatoms. The molecule has 0 spiro atoms. The van der Waals surface area contributed by atoms with Gasteiger partial charge >= 0.3 is 0 Å². The number of nitrogens with zero attached hydrogens (tertiary/aromatic N) is 3. The van der Waals surface area contributed by atoms with Crippen molar-refractivity contribution in [3.63, 3.8) is 0 Å². The van der Waals surface area contributed by atoms with Gasteiger partial charge in [-0.15, -0.1) is 0 Å². The fourth-order valence-electron chi connectivity index (χ4n) is 4.07. The first kappa shape index (κ1) is 23.5. The lowest BCUT2D eigenvalue weighted by Crippen LogP contribution is -2.41. The first-order chi connectivity index (χ1) is 15.9. The number of hydrogen-bond donors (Lipinski definition) is 0. The summed E-state index contributed by atoms with van der Waals surface area (Å²) < 4.78 is 45.0. The predicted molar refractivity (Wildman–Crippen MR) is 124 cm³/mol. The third kappa shape index (κ3) is 5.15. The van der Waals surface area contributed by atoms with Crippen LogP contribution in [0.25, 0.3) is 11.4 Å². The third-order valence-corrected chi connectivity index (χ3v) is 7.96. The zero-order valence-electron chi connectivity index (χ0n) is 18.5. The summed E-state index contributed by atoms with van der Waals surface area (Å²) in [6.07, 6.45) is 4.55. The van der Waals surface area contributed by atoms with Gasteiger partial charge in [0, 0.05) is 16.6 Å². The SMILES string of the molecule is COc1ccc(-c2noc(CN(C3CCCCC3)S(=O)(=O)c3cc(Cl)ccc3OC)n2)cc1. The second kappa shape index (κ2) is 10.1. The summed E-state index contributed by atoms with van der Waals surface area (Å²) in [6.45, 7) is -0.0359. The molecule has 1 aliphatic carbocycles. The number of halogens is 1. The number of sulfonamides is 1. The summed E-state index contributed by atoms with van der Waals surface area (Å²) >= 11 is 6.13. The lowest BCUT2D eigenvalue weighted by Gasteiger charge is -2.32. The molecular formula is C23H26ClN3O5S. The van der Waals surface area contributed by atoms with Gasteiger partial charge < -0.3 is 14.0 Å². The average molecular weight is 492 g/mol. The highest BCUT2D eigenvalue weighted by Gasteiger charge is 2.36. The van der Waals surface area contributed by atoms with E-state index in [1.54, 1.807) is 31.4 Å². The smallest absolute Gasteiger partial charge is 0.247 e. The molecular weight excluding hydrogens is 466 g/mol. The van der Waals surface area contributed by atoms with Crippen molar-refractivity contribution in [2.24, 2.45) is 0 Å². The number of ether oxygens (including phenoxy) is 2. The second-order valence-corrected chi connectivity index (χ2v) is 10.2. The van der Waals surface area contributed by atoms with E-state index in [0.717, 1.165) is 37.7 Å². The molecule has 176 valence electrons. The van der Waals surface area contributed by atoms with Crippen LogP contribution in [0, 0.1) is 0 Å². The van der Waals surface area contributed by atoms with Crippen molar-refractivity contribution in [1.29, 1.82) is 0 Å². The lowest BCUT2D eigenvalue weighted by molar-refractivity contribution is 0.222. The average Bonchev–Trinajstić information content (AvgIpc) is 3.32. The van der Waals surface area contributed by atoms with Crippen LogP contribution in [0.4, 0.5) is 0 Å². The van der Waals surface area contributed by atoms with Crippen LogP contribution in [-0.4, -0.2) is 43.1 Å². The standard InChI is InChI=1S/C23H26ClN3O5S/c1-30-19-11-8-16(9-12-19)23-25-22(32-26-23)15-27(18-6-4-3-5-7-18)33(28,29)21-14-17(24)10-13-20(21)31-2/h8-14,18H,3-7,15H2,1-2H3. The maximum Gasteiger partial charge on any atom is 0.247 e. The monoisotopic (exact) mass is 491 g/mol. The van der Waals surface area contributed by atoms with Crippen molar-refractivity contribution in [3.05, 3.63) is 53.4 Å². The molecule has 0 N–H and O–H groups in total. The number of benzene rings is 2. The van der Waals surface area contributed by atoms with Crippen molar-refractivity contribution >= 4 is 21.6 Å². The van der Waals surface area contributed by atoms with Crippen LogP contribution in [0.2, 0.25) is 5.02 Å². The molecule has 0 amide bonds. The zero-order chi connectivity index (χ0) is 23.4. The topological polar surface area (TPSA) is 94.8 Å². The highest BCUT2D eigenvalue weighted by atomic mass is 35.5. The minimum atomic E-state index is -3.95. The van der Waals surface area contributed by atoms with Crippen LogP contribution in [0.5, 0.6) is 11.5 Å². The van der Waals surface area contributed by atoms with Gasteiger partial charge in [0.25, 0.3) is 0 Å². The maximum absolute atomic E-state index is 13.8. The Morgan fingerprint density at radius 1 is 1.06 bits per heavy atom. The Bertz CT molecular complexity index is 1190. The van der Waals surface area contributed by atoms with Gasteiger partial charge in [-0.25, -0.2) is 8.42 Å². The van der Waals surface area contributed by atoms with E-state index in [1.165, 1.54) is 17.5 Å². The fraction of sp³-hybridized carbons (Fsp3) is 0.391. The van der Waals surface area contributed by atoms with E-state index in [-0.39, 0.29) is 29.1 Å². The van der Waals surface area contributed by atoms with Crippen LogP contribution < -0.4 is 9.47 Å². The molecule has 0 saturated heterocycles. The molecule has 8 nitrogen and oxygen atoms in total. The Morgan fingerprint density at radius 2 is 1.79 bits per heavy atom. The molecule has 3 aromatic rings. The molecule has 0 radical (unpaired) electrons. The molecule has 0 aliphatic heterocycles. The number of aromatic nitrogens is 2. The van der Waals surface area contributed by atoms with Gasteiger partial charge in [0.15, 0.2) is 0 Å². The quantitative estimate of drug-likeness (QED) is 0.440. The molecule has 1 aliphatic rings. The van der Waals surface area contributed by atoms with Crippen LogP contribution in [0.1, 0.15) is 38.0 Å². The summed E-state index contributed by atoms with van der Waals surface area (Å²) in [5, 5.41) is 4.37. The van der Waals surface area contributed by atoms with Gasteiger partial charge in [-0.1, -0.05) is 36.0 Å². The molecule has 1 saturated carbocycles. The molecule has 0 bridgehead atoms. The highest BCUT2D eigenvalue weighted by molar-refractivity contribution is 7.89. The van der Waals surface area contributed by atoms with E-state index in [1.807, 2.05) is 12.1 Å². The first-order valence-electron chi connectivity index (χ1n) is 10.7. The molecule has 33 heavy (non-hydrogen) atoms. The molecule has 1 fully saturated rings. The van der Waals surface area contributed by atoms with Crippen molar-refractivity contribution < 1.29 is 22.4 Å². The number of hydrogen-bond acceptors (Lipinski definition) is 7. The number of rotatable bonds is 8. The van der Waals surface area contributed by atoms with Gasteiger partial charge in [-0.2, -0.15) is 9.29 Å². The zero-order valence-corrected chi connectivity index (χ0v) is 20.1. The third-order valence-electron chi connectivity index (χ3n) is 5.80. The van der Waals surface area contributed by atoms with Crippen LogP contribution >= 0.6 is 11.6 Å². The van der Waals surface area contributed by atoms with Crippen LogP contribution in [0.3, 0.4) is 0 Å². The van der Waals surface area contributed by atoms with E-state index in [0.29, 0.717) is 16.6 Å². The summed E-state index contributed by atoms with van der Waals surface area (Å²) in [5.41, 5.74) is 0.745. The van der Waals surface area contributed by atoms with E-state index in [2.05, 4.69) is 10.1 Å². The van der Waals surface area contributed by atoms with Crippen LogP contribution in [-0.2, 0) is 16.6 Å². The Kier molecular flexibility index (Phi) is 7.21. The Balaban J connectivity index is 1.67. The summed E-state index contributed by atoms with van der Waals surface area (Å²) in [7, 11) is -0.918. The lowest BCUT2D eigenvalue weighted by atomic mass is 9.95. The molecule has 1 aromatic heterocycles. The minimum Gasteiger partial charge on any atom is -0.497 e. The molecule has 2 aromatic carbocycles. The van der Waals surface area contributed by atoms with E-state index in [9.17, 15) is 8.42 Å². The van der Waals surface area contributed by atoms with Gasteiger partial charge in [-0.05, 0) is 55.3 Å². The predicted octanol–water partition coefficient (Wildman–Crippen LogP) is 4.93. The molecule has 0 unspecified atom stereocenters. The van der Waals surface area contributed by atoms with Gasteiger partial charge in [-0.3, -0.25) is 0 Å². The largest absolute Gasteiger partial charge is 0.497 e. The maximum atomic E-state index is 13.8. The normalized spacial score (nSPS) is 15.0. The molecule has 0 atom stereocenters. The highest BCUT2D eigenvalue weighted by Crippen LogP contribution is 2.34. The molecule has 1 heterocycles. The van der Waals surface area contributed by atoms with Crippen molar-refractivity contribution in [2.75, 3.05) is 14.2 Å². The second-order valence-electron chi connectivity index (χ2n) is 7.88. The van der Waals surface area contributed by atoms with Crippen molar-refractivity contribution in [3.8, 4) is 22.9 Å². The van der Waals surface area contributed by atoms with Gasteiger partial charge in [0.2, 0.25) is 21.7 Å². The van der Waals surface area contributed by atoms with Gasteiger partial charge in [0.05, 0.1) is 20.8 Å². The Morgan fingerprint density at radius 3 is 2.45 bits per heavy atom. The van der Waals surface area contributed by atoms with Crippen molar-refractivity contribution in [1.82, 2.24) is 14.4 Å². The Labute approximate surface area is 198 Å². The summed E-state index contributed by atoms with van der Waals surface area (Å²) in [6, 6.07) is 11.6. The Hall–Kier alpha value is -2.62. The van der Waals surface area contributed by atoms with E-state index in [4.69, 9.17) is 25.6 Å². The minimum absolute atomic E-state index is 0.0259. The van der Waals surface area contributed by atoms with Crippen molar-refractivity contribution in [2.45, 2.75) is 49.6 Å². The first-order valence-corrected chi connectivity index (χ1v) is 12.6. The van der Waals surface area contributed by atoms with E-state index >= 15 is 0 Å².